The minimum Gasteiger partial charge on any atom is -0.388 e. The van der Waals surface area contributed by atoms with Gasteiger partial charge in [0, 0.05) is 76.8 Å². The van der Waals surface area contributed by atoms with E-state index in [1.165, 1.54) is 55.4 Å². The summed E-state index contributed by atoms with van der Waals surface area (Å²) in [6.45, 7) is 32.7. The average Bonchev–Trinajstić information content (AvgIpc) is 1.55. The molecule has 8 aliphatic rings. The predicted octanol–water partition coefficient (Wildman–Crippen LogP) is 7.30. The number of halogens is 3. The van der Waals surface area contributed by atoms with Crippen molar-refractivity contribution < 1.29 is 52.9 Å². The van der Waals surface area contributed by atoms with Crippen LogP contribution >= 0.6 is 43.3 Å². The molecule has 0 radical (unpaired) electrons. The van der Waals surface area contributed by atoms with Crippen molar-refractivity contribution in [3.05, 3.63) is 224 Å². The normalized spacial score (nSPS) is 27.1. The van der Waals surface area contributed by atoms with E-state index in [1.807, 2.05) is 54.5 Å². The van der Waals surface area contributed by atoms with Gasteiger partial charge in [0.1, 0.15) is 94.8 Å². The highest BCUT2D eigenvalue weighted by atomic mass is 35.5. The van der Waals surface area contributed by atoms with Crippen LogP contribution in [0.2, 0.25) is 15.1 Å². The number of hydrogen-bond acceptors (Lipinski definition) is 32. The Kier molecular flexibility index (Phi) is 27.2. The molecule has 0 spiro atoms. The molecule has 8 fully saturated rings. The quantitative estimate of drug-likeness (QED) is 0.0177. The average molecular weight is 1810 g/mol. The zero-order chi connectivity index (χ0) is 90.3. The van der Waals surface area contributed by atoms with E-state index >= 15 is 0 Å². The number of anilines is 7. The number of nitrogen functional groups attached to an aromatic ring is 2. The number of aromatic nitrogens is 14. The van der Waals surface area contributed by atoms with E-state index in [4.69, 9.17) is 80.8 Å². The molecule has 1 unspecified atom stereocenters. The highest BCUT2D eigenvalue weighted by molar-refractivity contribution is 7.44. The number of aryl methyl sites for hydroxylation is 4. The Morgan fingerprint density at radius 1 is 0.540 bits per heavy atom. The van der Waals surface area contributed by atoms with Crippen LogP contribution in [0.25, 0.3) is 4.85 Å². The summed E-state index contributed by atoms with van der Waals surface area (Å²) in [6.07, 6.45) is 12.0. The predicted molar refractivity (Wildman–Crippen MR) is 469 cm³/mol. The number of aliphatic hydroxyl groups excluding tert-OH is 3. The molecule has 17 atom stereocenters. The van der Waals surface area contributed by atoms with Crippen LogP contribution in [0, 0.1) is 34.3 Å². The van der Waals surface area contributed by atoms with Crippen molar-refractivity contribution in [2.24, 2.45) is 0 Å². The van der Waals surface area contributed by atoms with Gasteiger partial charge in [-0.25, -0.2) is 60.3 Å². The minimum absolute atomic E-state index is 0.0891. The third-order valence-corrected chi connectivity index (χ3v) is 26.9. The van der Waals surface area contributed by atoms with Gasteiger partial charge >= 0.3 is 22.8 Å². The van der Waals surface area contributed by atoms with Crippen molar-refractivity contribution in [3.63, 3.8) is 0 Å². The standard InChI is InChI=1S/C32H40ClN8O5P.C23H23ClN6O4.C16H19ClN6O3.C12H18N4O3/c1-8-32-19-40(30-35-16-24(33)17-36-30)25(26(32)46-47(44-15-14-34-7)41(20(2)3)21(4)5)29(45-32)39-18-22(6)27(38-31(39)43)37-28(42)23-12-10-9-11-13-23;1-3-23-12-30(21-25-9-15(24)10-26-21)16(17(23)31)20(34-23)29-11-13(2)18(28-22(29)33)27-19(32)14-7-5-4-6-8-14;1-3-16-7-23(14-19-4-9(17)5-20-14)10(11(16)24)13(26-16)22-6-8(2)12(18)21-15(22)25;1-3-12-5-14-7(8(12)17)10(19-12)16-4-6(2)9(13)15-11(16)18/h9-13,16-18,20-21,25-26,29H,8,14-15,19H2,1-6H3,(H,37,38,42,43);4-11,16-17,20,31H,3,12H2,1-2H3,(H,27,28,32,33);4-6,10-11,13,24H,3,7H2,1-2H3,(H2,18,21,25);4,7-8,10,14,17H,3,5H2,1-2H3,(H2,13,15,18)/t25-,26+,29-,32+,47?;16-,17+,20-,23+;10-,11+,13-,16+;7-,8+,10-,12+/m1111/s1. The number of hydrogen-bond donors (Lipinski definition) is 8. The maximum atomic E-state index is 13.7. The Morgan fingerprint density at radius 2 is 0.889 bits per heavy atom. The van der Waals surface area contributed by atoms with E-state index in [0.717, 1.165) is 0 Å². The second-order valence-electron chi connectivity index (χ2n) is 32.5. The summed E-state index contributed by atoms with van der Waals surface area (Å²) in [5, 5.41) is 42.2. The molecule has 39 nitrogen and oxygen atoms in total. The van der Waals surface area contributed by atoms with Gasteiger partial charge < -0.3 is 90.3 Å². The molecule has 0 saturated carbocycles. The summed E-state index contributed by atoms with van der Waals surface area (Å²) in [5.74, 6) is 1.24. The Bertz CT molecular complexity index is 5750. The number of carbonyl (C=O) groups is 2. The van der Waals surface area contributed by atoms with Crippen molar-refractivity contribution in [1.82, 2.24) is 78.1 Å². The number of morpholine rings is 4. The van der Waals surface area contributed by atoms with Gasteiger partial charge in [-0.2, -0.15) is 19.9 Å². The SMILES string of the molecule is CC[C@@]12CN(c3ncc(Cl)cn3)[C@@H]([C@H](n3cc(C)c(N)nc3=O)O1)[C@@H]2O.CC[C@@]12CN(c3ncc(Cl)cn3)[C@@H]([C@H](n3cc(C)c(NC(=O)c4ccccc4)nc3=O)O1)[C@@H]2O.CC[C@@]12CN[C@@H]([C@H](n3cc(C)c(N)nc3=O)O1)[C@@H]2O.[C-]#[N+]CCOP(O[C@H]1[C@@H]2[C@H](n3cc(C)c(NC(=O)c4ccccc4)nc3=O)O[C@@]1(CC)CN2c1ncc(Cl)cn1)N(C(C)C)C(C)C. The number of aliphatic hydroxyl groups is 3. The third-order valence-electron chi connectivity index (χ3n) is 24.2. The minimum atomic E-state index is -1.64. The van der Waals surface area contributed by atoms with Crippen molar-refractivity contribution in [2.45, 2.75) is 217 Å². The molecular formula is C83H100Cl3N24O15P. The Hall–Kier alpha value is -10.5. The van der Waals surface area contributed by atoms with Gasteiger partial charge in [-0.15, -0.1) is 0 Å². The molecule has 15 heterocycles. The summed E-state index contributed by atoms with van der Waals surface area (Å²) in [6, 6.07) is 15.6. The van der Waals surface area contributed by atoms with Crippen LogP contribution in [0.4, 0.5) is 41.1 Å². The lowest BCUT2D eigenvalue weighted by molar-refractivity contribution is -0.112. The van der Waals surface area contributed by atoms with Gasteiger partial charge in [-0.1, -0.05) is 98.9 Å². The number of ether oxygens (including phenoxy) is 4. The molecule has 9 aromatic rings. The molecule has 43 heteroatoms. The molecule has 668 valence electrons. The Morgan fingerprint density at radius 3 is 1.26 bits per heavy atom. The molecule has 10 N–H and O–H groups in total. The van der Waals surface area contributed by atoms with E-state index in [2.05, 4.69) is 103 Å². The zero-order valence-electron chi connectivity index (χ0n) is 71.2. The molecule has 8 saturated heterocycles. The molecular weight excluding hydrogens is 1710 g/mol. The van der Waals surface area contributed by atoms with Crippen LogP contribution < -0.4 is 64.9 Å². The van der Waals surface area contributed by atoms with E-state index in [1.54, 1.807) is 101 Å². The summed E-state index contributed by atoms with van der Waals surface area (Å²) in [4.78, 5) is 128. The topological polar surface area (TPSA) is 473 Å². The summed E-state index contributed by atoms with van der Waals surface area (Å²) in [5.41, 5.74) is 9.40. The fourth-order valence-corrected chi connectivity index (χ4v) is 19.5. The Balaban J connectivity index is 0.000000143. The molecule has 17 rings (SSSR count). The molecule has 2 amide bonds. The first-order valence-corrected chi connectivity index (χ1v) is 43.5. The first-order chi connectivity index (χ1) is 60.2. The van der Waals surface area contributed by atoms with E-state index in [0.29, 0.717) is 118 Å². The monoisotopic (exact) mass is 1810 g/mol. The van der Waals surface area contributed by atoms with Gasteiger partial charge in [0.2, 0.25) is 24.4 Å². The van der Waals surface area contributed by atoms with Crippen molar-refractivity contribution in [1.29, 1.82) is 0 Å². The number of carbonyl (C=O) groups excluding carboxylic acids is 2. The first-order valence-electron chi connectivity index (χ1n) is 41.2. The summed E-state index contributed by atoms with van der Waals surface area (Å²) < 4.78 is 46.1. The highest BCUT2D eigenvalue weighted by Gasteiger charge is 2.68. The fraction of sp³-hybridized carbons (Fsp3) is 0.482. The molecule has 8 aliphatic heterocycles. The summed E-state index contributed by atoms with van der Waals surface area (Å²) >= 11 is 17.9. The lowest BCUT2D eigenvalue weighted by Gasteiger charge is -2.38. The molecule has 7 aromatic heterocycles. The molecule has 0 aliphatic carbocycles. The Labute approximate surface area is 740 Å². The van der Waals surface area contributed by atoms with Gasteiger partial charge in [0.15, 0.2) is 24.9 Å². The first kappa shape index (κ1) is 91.7. The van der Waals surface area contributed by atoms with Crippen molar-refractivity contribution >= 4 is 96.3 Å². The highest BCUT2D eigenvalue weighted by Crippen LogP contribution is 2.58. The zero-order valence-corrected chi connectivity index (χ0v) is 74.3. The van der Waals surface area contributed by atoms with Crippen LogP contribution in [0.3, 0.4) is 0 Å². The number of rotatable bonds is 23. The van der Waals surface area contributed by atoms with Crippen LogP contribution in [-0.2, 0) is 28.0 Å². The van der Waals surface area contributed by atoms with Crippen molar-refractivity contribution in [3.8, 4) is 0 Å². The maximum absolute atomic E-state index is 13.7. The van der Waals surface area contributed by atoms with Gasteiger partial charge in [-0.05, 0) is 105 Å². The van der Waals surface area contributed by atoms with Crippen molar-refractivity contribution in [2.75, 3.05) is 76.1 Å². The van der Waals surface area contributed by atoms with Gasteiger partial charge in [-0.3, -0.25) is 27.9 Å². The molecule has 126 heavy (non-hydrogen) atoms. The lowest BCUT2D eigenvalue weighted by Crippen LogP contribution is -2.48. The number of fused-ring (bicyclic) bond motifs is 8. The van der Waals surface area contributed by atoms with E-state index in [9.17, 15) is 44.1 Å². The second kappa shape index (κ2) is 37.4. The molecule has 8 bridgehead atoms. The van der Waals surface area contributed by atoms with Crippen LogP contribution in [0.1, 0.15) is 149 Å². The number of nitrogens with zero attached hydrogens (tertiary/aromatic N) is 19. The second-order valence-corrected chi connectivity index (χ2v) is 35.2. The number of nitrogens with two attached hydrogens (primary N) is 2. The third kappa shape index (κ3) is 17.6. The van der Waals surface area contributed by atoms with Crippen LogP contribution in [0.5, 0.6) is 0 Å². The fourth-order valence-electron chi connectivity index (χ4n) is 17.4. The van der Waals surface area contributed by atoms with Gasteiger partial charge in [0.25, 0.3) is 20.3 Å². The number of nitrogens with one attached hydrogen (secondary N) is 3. The smallest absolute Gasteiger partial charge is 0.351 e. The van der Waals surface area contributed by atoms with E-state index < -0.39 is 121 Å². The number of amides is 2. The summed E-state index contributed by atoms with van der Waals surface area (Å²) in [7, 11) is -1.64. The maximum Gasteiger partial charge on any atom is 0.351 e. The largest absolute Gasteiger partial charge is 0.388 e. The molecule has 2 aromatic carbocycles. The van der Waals surface area contributed by atoms with Crippen LogP contribution in [0.15, 0.2) is 142 Å². The van der Waals surface area contributed by atoms with E-state index in [-0.39, 0.29) is 66.4 Å². The van der Waals surface area contributed by atoms with Gasteiger partial charge in [0.05, 0.1) is 77.9 Å². The van der Waals surface area contributed by atoms with Crippen LogP contribution in [-0.4, -0.2) is 222 Å². The lowest BCUT2D eigenvalue weighted by atomic mass is 9.96. The number of benzene rings is 2.